The zero-order chi connectivity index (χ0) is 15.4. The zero-order valence-electron chi connectivity index (χ0n) is 11.8. The van der Waals surface area contributed by atoms with Crippen molar-refractivity contribution in [2.75, 3.05) is 12.4 Å². The molecule has 2 N–H and O–H groups in total. The highest BCUT2D eigenvalue weighted by Crippen LogP contribution is 2.27. The summed E-state index contributed by atoms with van der Waals surface area (Å²) < 4.78 is 18.6. The molecule has 0 amide bonds. The molecular formula is C16H15FN2O2. The van der Waals surface area contributed by atoms with Gasteiger partial charge < -0.3 is 15.2 Å². The molecule has 0 aliphatic carbocycles. The Bertz CT molecular complexity index is 708. The van der Waals surface area contributed by atoms with E-state index in [0.29, 0.717) is 23.5 Å². The minimum absolute atomic E-state index is 0.0467. The van der Waals surface area contributed by atoms with Crippen LogP contribution in [-0.4, -0.2) is 12.2 Å². The van der Waals surface area contributed by atoms with Crippen molar-refractivity contribution in [2.24, 2.45) is 0 Å². The van der Waals surface area contributed by atoms with E-state index in [2.05, 4.69) is 5.32 Å². The van der Waals surface area contributed by atoms with Gasteiger partial charge in [0, 0.05) is 17.8 Å². The molecular weight excluding hydrogens is 271 g/mol. The van der Waals surface area contributed by atoms with Crippen LogP contribution < -0.4 is 10.1 Å². The molecule has 4 nitrogen and oxygen atoms in total. The van der Waals surface area contributed by atoms with Crippen molar-refractivity contribution in [3.8, 4) is 17.6 Å². The van der Waals surface area contributed by atoms with E-state index in [-0.39, 0.29) is 11.3 Å². The number of nitrogens with zero attached hydrogens (tertiary/aromatic N) is 1. The number of nitrogens with one attached hydrogen (secondary N) is 1. The Labute approximate surface area is 122 Å². The maximum absolute atomic E-state index is 13.7. The third kappa shape index (κ3) is 3.23. The first-order valence-corrected chi connectivity index (χ1v) is 6.35. The van der Waals surface area contributed by atoms with Gasteiger partial charge in [-0.25, -0.2) is 4.39 Å². The van der Waals surface area contributed by atoms with Gasteiger partial charge in [-0.15, -0.1) is 0 Å². The van der Waals surface area contributed by atoms with Crippen molar-refractivity contribution in [1.82, 2.24) is 0 Å². The van der Waals surface area contributed by atoms with Gasteiger partial charge in [0.1, 0.15) is 5.82 Å². The first-order valence-electron chi connectivity index (χ1n) is 6.35. The minimum Gasteiger partial charge on any atom is -0.504 e. The van der Waals surface area contributed by atoms with Crippen LogP contribution in [0, 0.1) is 24.1 Å². The molecule has 0 radical (unpaired) electrons. The van der Waals surface area contributed by atoms with E-state index in [1.54, 1.807) is 31.2 Å². The smallest absolute Gasteiger partial charge is 0.160 e. The van der Waals surface area contributed by atoms with Gasteiger partial charge in [0.05, 0.1) is 18.7 Å². The number of rotatable bonds is 4. The molecule has 0 spiro atoms. The predicted molar refractivity (Wildman–Crippen MR) is 77.8 cm³/mol. The molecule has 0 aromatic heterocycles. The summed E-state index contributed by atoms with van der Waals surface area (Å²) in [5, 5.41) is 21.6. The van der Waals surface area contributed by atoms with Crippen molar-refractivity contribution in [3.05, 3.63) is 52.8 Å². The highest BCUT2D eigenvalue weighted by atomic mass is 19.1. The van der Waals surface area contributed by atoms with E-state index < -0.39 is 5.82 Å². The molecule has 0 unspecified atom stereocenters. The zero-order valence-corrected chi connectivity index (χ0v) is 11.8. The summed E-state index contributed by atoms with van der Waals surface area (Å²) >= 11 is 0. The minimum atomic E-state index is -0.422. The summed E-state index contributed by atoms with van der Waals surface area (Å²) in [5.74, 6) is 0.0204. The van der Waals surface area contributed by atoms with Crippen LogP contribution in [0.4, 0.5) is 10.1 Å². The SMILES string of the molecule is COc1ccc(CNc2cc(C#N)cc(F)c2C)cc1O. The average molecular weight is 286 g/mol. The average Bonchev–Trinajstić information content (AvgIpc) is 2.48. The summed E-state index contributed by atoms with van der Waals surface area (Å²) in [5.41, 5.74) is 2.09. The molecule has 0 aliphatic heterocycles. The standard InChI is InChI=1S/C16H15FN2O2/c1-10-13(17)5-12(8-18)6-14(10)19-9-11-3-4-16(21-2)15(20)7-11/h3-7,19-20H,9H2,1-2H3. The van der Waals surface area contributed by atoms with E-state index in [1.807, 2.05) is 6.07 Å². The van der Waals surface area contributed by atoms with Crippen LogP contribution >= 0.6 is 0 Å². The molecule has 0 heterocycles. The second kappa shape index (κ2) is 6.14. The van der Waals surface area contributed by atoms with Crippen LogP contribution in [0.25, 0.3) is 0 Å². The van der Waals surface area contributed by atoms with Crippen molar-refractivity contribution in [1.29, 1.82) is 5.26 Å². The molecule has 21 heavy (non-hydrogen) atoms. The maximum atomic E-state index is 13.7. The van der Waals surface area contributed by atoms with Crippen molar-refractivity contribution >= 4 is 5.69 Å². The van der Waals surface area contributed by atoms with Crippen molar-refractivity contribution in [3.63, 3.8) is 0 Å². The van der Waals surface area contributed by atoms with Gasteiger partial charge in [-0.2, -0.15) is 5.26 Å². The normalized spacial score (nSPS) is 10.0. The molecule has 0 aliphatic rings. The number of hydrogen-bond acceptors (Lipinski definition) is 4. The number of nitriles is 1. The third-order valence-electron chi connectivity index (χ3n) is 3.20. The summed E-state index contributed by atoms with van der Waals surface area (Å²) in [4.78, 5) is 0. The number of halogens is 1. The Morgan fingerprint density at radius 2 is 2.10 bits per heavy atom. The van der Waals surface area contributed by atoms with Crippen molar-refractivity contribution in [2.45, 2.75) is 13.5 Å². The second-order valence-electron chi connectivity index (χ2n) is 4.60. The Balaban J connectivity index is 2.18. The van der Waals surface area contributed by atoms with Gasteiger partial charge in [-0.1, -0.05) is 6.07 Å². The molecule has 2 aromatic rings. The largest absolute Gasteiger partial charge is 0.504 e. The fraction of sp³-hybridized carbons (Fsp3) is 0.188. The molecule has 2 aromatic carbocycles. The first kappa shape index (κ1) is 14.7. The summed E-state index contributed by atoms with van der Waals surface area (Å²) in [7, 11) is 1.48. The van der Waals surface area contributed by atoms with Gasteiger partial charge in [0.2, 0.25) is 0 Å². The first-order chi connectivity index (χ1) is 10.0. The van der Waals surface area contributed by atoms with Crippen LogP contribution in [0.15, 0.2) is 30.3 Å². The van der Waals surface area contributed by atoms with Crippen LogP contribution in [0.5, 0.6) is 11.5 Å². The Morgan fingerprint density at radius 3 is 2.71 bits per heavy atom. The number of phenols is 1. The van der Waals surface area contributed by atoms with Gasteiger partial charge in [-0.05, 0) is 36.8 Å². The summed E-state index contributed by atoms with van der Waals surface area (Å²) in [6.07, 6.45) is 0. The molecule has 108 valence electrons. The van der Waals surface area contributed by atoms with Crippen LogP contribution in [0.3, 0.4) is 0 Å². The molecule has 2 rings (SSSR count). The number of anilines is 1. The Hall–Kier alpha value is -2.74. The third-order valence-corrected chi connectivity index (χ3v) is 3.20. The number of ether oxygens (including phenoxy) is 1. The number of phenolic OH excluding ortho intramolecular Hbond substituents is 1. The van der Waals surface area contributed by atoms with E-state index in [0.717, 1.165) is 5.56 Å². The number of methoxy groups -OCH3 is 1. The molecule has 5 heteroatoms. The Morgan fingerprint density at radius 1 is 1.33 bits per heavy atom. The summed E-state index contributed by atoms with van der Waals surface area (Å²) in [6, 6.07) is 9.76. The lowest BCUT2D eigenvalue weighted by Crippen LogP contribution is -2.03. The number of aromatic hydroxyl groups is 1. The lowest BCUT2D eigenvalue weighted by atomic mass is 10.1. The second-order valence-corrected chi connectivity index (χ2v) is 4.60. The van der Waals surface area contributed by atoms with Crippen LogP contribution in [0.2, 0.25) is 0 Å². The van der Waals surface area contributed by atoms with E-state index >= 15 is 0 Å². The van der Waals surface area contributed by atoms with Gasteiger partial charge in [-0.3, -0.25) is 0 Å². The number of benzene rings is 2. The van der Waals surface area contributed by atoms with Crippen LogP contribution in [-0.2, 0) is 6.54 Å². The van der Waals surface area contributed by atoms with Gasteiger partial charge in [0.25, 0.3) is 0 Å². The molecule has 0 bridgehead atoms. The Kier molecular flexibility index (Phi) is 4.29. The highest BCUT2D eigenvalue weighted by Gasteiger charge is 2.08. The lowest BCUT2D eigenvalue weighted by Gasteiger charge is -2.12. The monoisotopic (exact) mass is 286 g/mol. The predicted octanol–water partition coefficient (Wildman–Crippen LogP) is 3.33. The fourth-order valence-corrected chi connectivity index (χ4v) is 1.97. The molecule has 0 atom stereocenters. The van der Waals surface area contributed by atoms with E-state index in [9.17, 15) is 9.50 Å². The van der Waals surface area contributed by atoms with Crippen molar-refractivity contribution < 1.29 is 14.2 Å². The fourth-order valence-electron chi connectivity index (χ4n) is 1.97. The highest BCUT2D eigenvalue weighted by molar-refractivity contribution is 5.56. The lowest BCUT2D eigenvalue weighted by molar-refractivity contribution is 0.373. The van der Waals surface area contributed by atoms with Gasteiger partial charge >= 0.3 is 0 Å². The topological polar surface area (TPSA) is 65.3 Å². The summed E-state index contributed by atoms with van der Waals surface area (Å²) in [6.45, 7) is 2.04. The molecule has 0 fully saturated rings. The van der Waals surface area contributed by atoms with Crippen LogP contribution in [0.1, 0.15) is 16.7 Å². The number of hydrogen-bond donors (Lipinski definition) is 2. The maximum Gasteiger partial charge on any atom is 0.160 e. The molecule has 0 saturated heterocycles. The molecule has 0 saturated carbocycles. The van der Waals surface area contributed by atoms with E-state index in [1.165, 1.54) is 13.2 Å². The van der Waals surface area contributed by atoms with Gasteiger partial charge in [0.15, 0.2) is 11.5 Å². The quantitative estimate of drug-likeness (QED) is 0.904. The van der Waals surface area contributed by atoms with E-state index in [4.69, 9.17) is 10.00 Å².